The van der Waals surface area contributed by atoms with Crippen LogP contribution >= 0.6 is 11.3 Å². The zero-order chi connectivity index (χ0) is 21.1. The van der Waals surface area contributed by atoms with E-state index in [1.54, 1.807) is 29.8 Å². The molecule has 7 heteroatoms. The molecule has 6 nitrogen and oxygen atoms in total. The lowest BCUT2D eigenvalue weighted by atomic mass is 9.90. The molecule has 0 radical (unpaired) electrons. The Balaban J connectivity index is 1.08. The molecule has 160 valence electrons. The molecular weight excluding hydrogens is 408 g/mol. The van der Waals surface area contributed by atoms with E-state index in [-0.39, 0.29) is 17.2 Å². The van der Waals surface area contributed by atoms with Crippen molar-refractivity contribution in [2.75, 3.05) is 13.1 Å². The number of amides is 1. The molecule has 3 heterocycles. The number of nitrogens with zero attached hydrogens (tertiary/aromatic N) is 3. The summed E-state index contributed by atoms with van der Waals surface area (Å²) in [6, 6.07) is 14.3. The first-order valence-electron chi connectivity index (χ1n) is 10.8. The number of carbonyl (C=O) groups excluding carboxylic acids is 1. The molecule has 1 saturated heterocycles. The molecule has 2 fully saturated rings. The maximum Gasteiger partial charge on any atom is 0.321 e. The van der Waals surface area contributed by atoms with Crippen LogP contribution in [0, 0.1) is 11.3 Å². The van der Waals surface area contributed by atoms with Crippen LogP contribution in [0.2, 0.25) is 0 Å². The van der Waals surface area contributed by atoms with E-state index in [1.807, 2.05) is 23.6 Å². The Labute approximate surface area is 186 Å². The van der Waals surface area contributed by atoms with Crippen LogP contribution in [0.15, 0.2) is 60.2 Å². The molecule has 1 atom stereocenters. The second kappa shape index (κ2) is 8.77. The average Bonchev–Trinajstić information content (AvgIpc) is 3.24. The van der Waals surface area contributed by atoms with Crippen molar-refractivity contribution in [3.63, 3.8) is 0 Å². The van der Waals surface area contributed by atoms with E-state index >= 15 is 0 Å². The summed E-state index contributed by atoms with van der Waals surface area (Å²) in [5.74, 6) is 1.17. The number of aromatic nitrogens is 2. The number of thiophene rings is 1. The summed E-state index contributed by atoms with van der Waals surface area (Å²) >= 11 is 1.69. The number of nitrogens with one attached hydrogen (secondary N) is 1. The summed E-state index contributed by atoms with van der Waals surface area (Å²) in [6.07, 6.45) is 6.59. The third-order valence-electron chi connectivity index (χ3n) is 6.46. The summed E-state index contributed by atoms with van der Waals surface area (Å²) in [5, 5.41) is 5.18. The van der Waals surface area contributed by atoms with Crippen LogP contribution in [0.4, 0.5) is 0 Å². The Morgan fingerprint density at radius 1 is 1.13 bits per heavy atom. The van der Waals surface area contributed by atoms with Gasteiger partial charge in [-0.05, 0) is 73.0 Å². The van der Waals surface area contributed by atoms with E-state index in [1.165, 1.54) is 10.4 Å². The van der Waals surface area contributed by atoms with E-state index in [0.717, 1.165) is 44.6 Å². The Kier molecular flexibility index (Phi) is 5.70. The van der Waals surface area contributed by atoms with Gasteiger partial charge in [0.1, 0.15) is 5.75 Å². The topological polar surface area (TPSA) is 67.4 Å². The highest BCUT2D eigenvalue weighted by molar-refractivity contribution is 7.09. The van der Waals surface area contributed by atoms with Crippen molar-refractivity contribution < 1.29 is 9.53 Å². The molecule has 2 aliphatic rings. The number of hydrogen-bond donors (Lipinski definition) is 1. The summed E-state index contributed by atoms with van der Waals surface area (Å²) in [6.45, 7) is 3.67. The summed E-state index contributed by atoms with van der Waals surface area (Å²) in [4.78, 5) is 24.4. The predicted molar refractivity (Wildman–Crippen MR) is 120 cm³/mol. The number of ether oxygens (including phenoxy) is 1. The van der Waals surface area contributed by atoms with Crippen molar-refractivity contribution in [1.29, 1.82) is 0 Å². The number of rotatable bonds is 7. The molecule has 1 N–H and O–H groups in total. The Morgan fingerprint density at radius 3 is 2.61 bits per heavy atom. The normalized spacial score (nSPS) is 19.8. The Morgan fingerprint density at radius 2 is 1.90 bits per heavy atom. The van der Waals surface area contributed by atoms with Gasteiger partial charge in [0.15, 0.2) is 0 Å². The van der Waals surface area contributed by atoms with Gasteiger partial charge in [0.05, 0.1) is 6.54 Å². The molecule has 1 saturated carbocycles. The van der Waals surface area contributed by atoms with Crippen molar-refractivity contribution in [2.24, 2.45) is 11.3 Å². The first kappa shape index (κ1) is 20.2. The number of piperidine rings is 1. The van der Waals surface area contributed by atoms with Crippen molar-refractivity contribution in [1.82, 2.24) is 20.2 Å². The molecule has 1 spiro atoms. The number of benzene rings is 1. The molecule has 1 amide bonds. The molecule has 2 aromatic heterocycles. The number of hydrogen-bond acceptors (Lipinski definition) is 6. The van der Waals surface area contributed by atoms with Crippen molar-refractivity contribution in [2.45, 2.75) is 32.4 Å². The van der Waals surface area contributed by atoms with Crippen LogP contribution in [-0.2, 0) is 17.9 Å². The average molecular weight is 435 g/mol. The van der Waals surface area contributed by atoms with Crippen LogP contribution in [0.5, 0.6) is 11.8 Å². The fraction of sp³-hybridized carbons (Fsp3) is 0.375. The van der Waals surface area contributed by atoms with E-state index in [4.69, 9.17) is 4.74 Å². The van der Waals surface area contributed by atoms with Gasteiger partial charge in [-0.2, -0.15) is 0 Å². The number of likely N-dealkylation sites (tertiary alicyclic amines) is 1. The van der Waals surface area contributed by atoms with Crippen molar-refractivity contribution in [3.8, 4) is 11.8 Å². The van der Waals surface area contributed by atoms with E-state index in [0.29, 0.717) is 12.6 Å². The highest BCUT2D eigenvalue weighted by atomic mass is 32.1. The minimum atomic E-state index is 0.200. The van der Waals surface area contributed by atoms with Gasteiger partial charge in [0.2, 0.25) is 5.91 Å². The zero-order valence-electron chi connectivity index (χ0n) is 17.4. The van der Waals surface area contributed by atoms with Crippen LogP contribution in [-0.4, -0.2) is 33.9 Å². The molecule has 1 unspecified atom stereocenters. The Hall–Kier alpha value is -2.77. The lowest BCUT2D eigenvalue weighted by molar-refractivity contribution is -0.123. The Bertz CT molecular complexity index is 1000. The van der Waals surface area contributed by atoms with Gasteiger partial charge in [0, 0.05) is 29.7 Å². The third kappa shape index (κ3) is 4.78. The molecular formula is C24H26N4O2S. The molecule has 1 aliphatic carbocycles. The van der Waals surface area contributed by atoms with Crippen LogP contribution in [0.1, 0.15) is 29.7 Å². The smallest absolute Gasteiger partial charge is 0.321 e. The maximum absolute atomic E-state index is 12.6. The first-order chi connectivity index (χ1) is 15.2. The molecule has 31 heavy (non-hydrogen) atoms. The molecule has 5 rings (SSSR count). The van der Waals surface area contributed by atoms with Crippen LogP contribution in [0.25, 0.3) is 0 Å². The fourth-order valence-electron chi connectivity index (χ4n) is 4.50. The van der Waals surface area contributed by atoms with Gasteiger partial charge < -0.3 is 10.1 Å². The van der Waals surface area contributed by atoms with Crippen LogP contribution in [0.3, 0.4) is 0 Å². The monoisotopic (exact) mass is 434 g/mol. The second-order valence-corrected chi connectivity index (χ2v) is 9.50. The second-order valence-electron chi connectivity index (χ2n) is 8.47. The zero-order valence-corrected chi connectivity index (χ0v) is 18.2. The van der Waals surface area contributed by atoms with Crippen molar-refractivity contribution in [3.05, 3.63) is 70.7 Å². The molecule has 1 aliphatic heterocycles. The van der Waals surface area contributed by atoms with Gasteiger partial charge >= 0.3 is 6.01 Å². The van der Waals surface area contributed by atoms with Gasteiger partial charge in [-0.3, -0.25) is 9.69 Å². The third-order valence-corrected chi connectivity index (χ3v) is 7.33. The lowest BCUT2D eigenvalue weighted by Gasteiger charge is -2.32. The molecule has 3 aromatic rings. The largest absolute Gasteiger partial charge is 0.424 e. The highest BCUT2D eigenvalue weighted by Gasteiger charge is 2.58. The number of carbonyl (C=O) groups is 1. The van der Waals surface area contributed by atoms with Gasteiger partial charge in [-0.1, -0.05) is 18.2 Å². The van der Waals surface area contributed by atoms with Gasteiger partial charge in [-0.25, -0.2) is 9.97 Å². The highest BCUT2D eigenvalue weighted by Crippen LogP contribution is 2.59. The lowest BCUT2D eigenvalue weighted by Crippen LogP contribution is -2.36. The van der Waals surface area contributed by atoms with E-state index in [9.17, 15) is 4.79 Å². The standard InChI is InChI=1S/C24H26N4O2S/c29-22(27-16-20-3-1-14-31-20)21-15-24(21)8-12-28(13-9-24)17-18-4-6-19(7-5-18)30-23-25-10-2-11-26-23/h1-7,10-11,14,21H,8-9,12-13,15-17H2,(H,27,29). The quantitative estimate of drug-likeness (QED) is 0.602. The predicted octanol–water partition coefficient (Wildman–Crippen LogP) is 4.25. The minimum absolute atomic E-state index is 0.200. The summed E-state index contributed by atoms with van der Waals surface area (Å²) in [7, 11) is 0. The van der Waals surface area contributed by atoms with E-state index < -0.39 is 0 Å². The van der Waals surface area contributed by atoms with Gasteiger partial charge in [-0.15, -0.1) is 11.3 Å². The minimum Gasteiger partial charge on any atom is -0.424 e. The van der Waals surface area contributed by atoms with Crippen molar-refractivity contribution >= 4 is 17.2 Å². The van der Waals surface area contributed by atoms with E-state index in [2.05, 4.69) is 38.4 Å². The molecule has 0 bridgehead atoms. The first-order valence-corrected chi connectivity index (χ1v) is 11.6. The molecule has 1 aromatic carbocycles. The summed E-state index contributed by atoms with van der Waals surface area (Å²) < 4.78 is 5.66. The summed E-state index contributed by atoms with van der Waals surface area (Å²) in [5.41, 5.74) is 1.50. The fourth-order valence-corrected chi connectivity index (χ4v) is 5.15. The maximum atomic E-state index is 12.6. The van der Waals surface area contributed by atoms with Gasteiger partial charge in [0.25, 0.3) is 0 Å². The SMILES string of the molecule is O=C(NCc1cccs1)C1CC12CCN(Cc1ccc(Oc3ncccn3)cc1)CC2. The van der Waals surface area contributed by atoms with Crippen LogP contribution < -0.4 is 10.1 Å².